The molecule has 3 aliphatic rings. The third-order valence-corrected chi connectivity index (χ3v) is 9.59. The minimum atomic E-state index is -1.34. The van der Waals surface area contributed by atoms with Crippen LogP contribution in [0.2, 0.25) is 0 Å². The van der Waals surface area contributed by atoms with Crippen molar-refractivity contribution in [3.05, 3.63) is 58.2 Å². The van der Waals surface area contributed by atoms with Gasteiger partial charge in [0.2, 0.25) is 0 Å². The Balaban J connectivity index is 1.22. The predicted octanol–water partition coefficient (Wildman–Crippen LogP) is 5.03. The van der Waals surface area contributed by atoms with Crippen LogP contribution in [0.3, 0.4) is 0 Å². The molecule has 2 aromatic heterocycles. The summed E-state index contributed by atoms with van der Waals surface area (Å²) in [4.78, 5) is 35.7. The number of benzene rings is 1. The molecule has 11 heteroatoms. The molecule has 0 bridgehead atoms. The van der Waals surface area contributed by atoms with Gasteiger partial charge in [0.25, 0.3) is 5.78 Å². The minimum Gasteiger partial charge on any atom is -0.458 e. The summed E-state index contributed by atoms with van der Waals surface area (Å²) in [6.07, 6.45) is 4.27. The first-order valence-electron chi connectivity index (χ1n) is 14.0. The molecular formula is C30H30ClF2N5O3. The van der Waals surface area contributed by atoms with Gasteiger partial charge in [-0.15, -0.1) is 16.7 Å². The second-order valence-corrected chi connectivity index (χ2v) is 12.4. The first kappa shape index (κ1) is 27.7. The van der Waals surface area contributed by atoms with Crippen molar-refractivity contribution in [2.24, 2.45) is 11.8 Å². The summed E-state index contributed by atoms with van der Waals surface area (Å²) in [6.45, 7) is 3.73. The number of esters is 1. The third kappa shape index (κ3) is 4.78. The molecule has 3 fully saturated rings. The van der Waals surface area contributed by atoms with Crippen LogP contribution in [-0.4, -0.2) is 42.3 Å². The maximum atomic E-state index is 15.1. The lowest BCUT2D eigenvalue weighted by Gasteiger charge is -2.43. The minimum absolute atomic E-state index is 0.0142. The van der Waals surface area contributed by atoms with Gasteiger partial charge in [-0.3, -0.25) is 9.59 Å². The lowest BCUT2D eigenvalue weighted by molar-refractivity contribution is -0.185. The first-order chi connectivity index (χ1) is 19.5. The van der Waals surface area contributed by atoms with E-state index >= 15 is 8.78 Å². The van der Waals surface area contributed by atoms with E-state index in [1.165, 1.54) is 12.1 Å². The van der Waals surface area contributed by atoms with Crippen LogP contribution in [0.4, 0.5) is 8.78 Å². The quantitative estimate of drug-likeness (QED) is 0.219. The SMILES string of the molecule is Cc1cc(C)n2nc(CC3C(=O)CC(CCc4cc(F)c(C5(C#N)CC5Cl)c(F)c4)(C4CCCC4)OC3=O)nc2n1. The molecule has 6 rings (SSSR count). The van der Waals surface area contributed by atoms with E-state index in [1.54, 1.807) is 4.52 Å². The zero-order valence-electron chi connectivity index (χ0n) is 22.9. The third-order valence-electron chi connectivity index (χ3n) is 9.06. The zero-order chi connectivity index (χ0) is 29.1. The van der Waals surface area contributed by atoms with Gasteiger partial charge in [0.1, 0.15) is 28.6 Å². The van der Waals surface area contributed by atoms with Crippen LogP contribution in [0.1, 0.15) is 73.3 Å². The standard InChI is InChI=1S/C30H30ClF2N5O3/c1-16-9-17(2)38-28(35-16)36-25(37-38)12-20-23(39)13-30(41-27(20)40,19-5-3-4-6-19)8-7-18-10-21(32)26(22(33)11-18)29(15-34)14-24(29)31/h9-11,19-20,24H,3-8,12-14H2,1-2H3. The van der Waals surface area contributed by atoms with E-state index in [-0.39, 0.29) is 49.4 Å². The van der Waals surface area contributed by atoms with E-state index in [2.05, 4.69) is 15.1 Å². The van der Waals surface area contributed by atoms with Gasteiger partial charge in [-0.2, -0.15) is 10.2 Å². The summed E-state index contributed by atoms with van der Waals surface area (Å²) in [5.74, 6) is -2.76. The highest BCUT2D eigenvalue weighted by atomic mass is 35.5. The molecule has 1 aliphatic heterocycles. The molecule has 3 aromatic rings. The van der Waals surface area contributed by atoms with Crippen LogP contribution in [0.15, 0.2) is 18.2 Å². The molecule has 8 nitrogen and oxygen atoms in total. The zero-order valence-corrected chi connectivity index (χ0v) is 23.7. The van der Waals surface area contributed by atoms with Gasteiger partial charge in [-0.05, 0) is 75.6 Å². The van der Waals surface area contributed by atoms with E-state index in [9.17, 15) is 14.9 Å². The van der Waals surface area contributed by atoms with Crippen molar-refractivity contribution in [3.8, 4) is 6.07 Å². The Morgan fingerprint density at radius 3 is 2.44 bits per heavy atom. The van der Waals surface area contributed by atoms with Crippen molar-refractivity contribution in [2.75, 3.05) is 0 Å². The van der Waals surface area contributed by atoms with Crippen LogP contribution < -0.4 is 0 Å². The van der Waals surface area contributed by atoms with Gasteiger partial charge >= 0.3 is 5.97 Å². The largest absolute Gasteiger partial charge is 0.458 e. The highest BCUT2D eigenvalue weighted by Gasteiger charge is 2.58. The van der Waals surface area contributed by atoms with Crippen molar-refractivity contribution >= 4 is 29.1 Å². The van der Waals surface area contributed by atoms with E-state index in [0.29, 0.717) is 17.2 Å². The molecule has 1 saturated heterocycles. The topological polar surface area (TPSA) is 110 Å². The molecule has 0 N–H and O–H groups in total. The molecular weight excluding hydrogens is 552 g/mol. The second kappa shape index (κ2) is 10.1. The number of cyclic esters (lactones) is 1. The van der Waals surface area contributed by atoms with Crippen molar-refractivity contribution in [1.82, 2.24) is 19.6 Å². The van der Waals surface area contributed by atoms with E-state index in [4.69, 9.17) is 16.3 Å². The number of aryl methyl sites for hydroxylation is 3. The Kier molecular flexibility index (Phi) is 6.84. The molecule has 1 aromatic carbocycles. The van der Waals surface area contributed by atoms with Gasteiger partial charge in [-0.1, -0.05) is 12.8 Å². The fraction of sp³-hybridized carbons (Fsp3) is 0.533. The number of ether oxygens (including phenoxy) is 1. The van der Waals surface area contributed by atoms with Crippen LogP contribution in [0, 0.1) is 48.6 Å². The number of hydrogen-bond acceptors (Lipinski definition) is 7. The molecule has 4 atom stereocenters. The lowest BCUT2D eigenvalue weighted by atomic mass is 9.73. The van der Waals surface area contributed by atoms with Gasteiger partial charge in [0.05, 0.1) is 11.4 Å². The molecule has 41 heavy (non-hydrogen) atoms. The molecule has 214 valence electrons. The van der Waals surface area contributed by atoms with Crippen LogP contribution in [0.25, 0.3) is 5.78 Å². The number of Topliss-reactive ketones (excluding diaryl/α,β-unsaturated/α-hetero) is 1. The summed E-state index contributed by atoms with van der Waals surface area (Å²) < 4.78 is 37.9. The molecule has 3 heterocycles. The predicted molar refractivity (Wildman–Crippen MR) is 144 cm³/mol. The highest BCUT2D eigenvalue weighted by molar-refractivity contribution is 6.24. The average molecular weight is 582 g/mol. The molecule has 2 aliphatic carbocycles. The fourth-order valence-corrected chi connectivity index (χ4v) is 7.16. The normalized spacial score (nSPS) is 28.2. The van der Waals surface area contributed by atoms with Gasteiger partial charge in [-0.25, -0.2) is 18.3 Å². The van der Waals surface area contributed by atoms with Gasteiger partial charge in [0, 0.05) is 29.8 Å². The number of carbonyl (C=O) groups excluding carboxylic acids is 2. The van der Waals surface area contributed by atoms with E-state index < -0.39 is 39.9 Å². The summed E-state index contributed by atoms with van der Waals surface area (Å²) in [5, 5.41) is 13.3. The number of nitriles is 1. The maximum absolute atomic E-state index is 15.1. The van der Waals surface area contributed by atoms with Gasteiger partial charge in [0.15, 0.2) is 11.6 Å². The van der Waals surface area contributed by atoms with Crippen LogP contribution in [-0.2, 0) is 32.6 Å². The smallest absolute Gasteiger partial charge is 0.317 e. The van der Waals surface area contributed by atoms with Crippen LogP contribution >= 0.6 is 11.6 Å². The Labute approximate surface area is 241 Å². The first-order valence-corrected chi connectivity index (χ1v) is 14.5. The number of rotatable bonds is 7. The fourth-order valence-electron chi connectivity index (χ4n) is 6.76. The average Bonchev–Trinajstić information content (AvgIpc) is 3.28. The highest BCUT2D eigenvalue weighted by Crippen LogP contribution is 2.53. The summed E-state index contributed by atoms with van der Waals surface area (Å²) in [7, 11) is 0. The Morgan fingerprint density at radius 2 is 1.83 bits per heavy atom. The number of aromatic nitrogens is 4. The summed E-state index contributed by atoms with van der Waals surface area (Å²) in [5.41, 5.74) is -0.676. The number of halogens is 3. The number of carbonyl (C=O) groups is 2. The van der Waals surface area contributed by atoms with Crippen molar-refractivity contribution in [1.29, 1.82) is 5.26 Å². The summed E-state index contributed by atoms with van der Waals surface area (Å²) in [6, 6.07) is 6.29. The monoisotopic (exact) mass is 581 g/mol. The number of nitrogens with zero attached hydrogens (tertiary/aromatic N) is 5. The summed E-state index contributed by atoms with van der Waals surface area (Å²) >= 11 is 6.06. The van der Waals surface area contributed by atoms with Crippen molar-refractivity contribution in [3.63, 3.8) is 0 Å². The van der Waals surface area contributed by atoms with E-state index in [0.717, 1.165) is 37.1 Å². The van der Waals surface area contributed by atoms with E-state index in [1.807, 2.05) is 26.0 Å². The number of ketones is 1. The molecule has 0 radical (unpaired) electrons. The van der Waals surface area contributed by atoms with Crippen molar-refractivity contribution < 1.29 is 23.1 Å². The number of fused-ring (bicyclic) bond motifs is 1. The Hall–Kier alpha value is -3.45. The maximum Gasteiger partial charge on any atom is 0.317 e. The molecule has 0 amide bonds. The molecule has 2 saturated carbocycles. The van der Waals surface area contributed by atoms with Gasteiger partial charge < -0.3 is 4.74 Å². The van der Waals surface area contributed by atoms with Crippen LogP contribution in [0.5, 0.6) is 0 Å². The molecule has 4 unspecified atom stereocenters. The number of hydrogen-bond donors (Lipinski definition) is 0. The van der Waals surface area contributed by atoms with Crippen molar-refractivity contribution in [2.45, 2.75) is 88.0 Å². The molecule has 0 spiro atoms. The number of alkyl halides is 1. The Morgan fingerprint density at radius 1 is 1.15 bits per heavy atom. The lowest BCUT2D eigenvalue weighted by Crippen LogP contribution is -2.52. The second-order valence-electron chi connectivity index (χ2n) is 11.8. The Bertz CT molecular complexity index is 1570.